The molecular formula is C13H25N3OS. The van der Waals surface area contributed by atoms with Crippen molar-refractivity contribution in [1.82, 2.24) is 15.5 Å². The topological polar surface area (TPSA) is 47.0 Å². The summed E-state index contributed by atoms with van der Waals surface area (Å²) in [5.74, 6) is 0. The van der Waals surface area contributed by atoms with Gasteiger partial charge in [-0.3, -0.25) is 0 Å². The minimum Gasteiger partial charge on any atom is -0.371 e. The number of ether oxygens (including phenoxy) is 1. The third-order valence-electron chi connectivity index (χ3n) is 3.16. The minimum atomic E-state index is -0.286. The molecule has 1 N–H and O–H groups in total. The second-order valence-electron chi connectivity index (χ2n) is 5.00. The highest BCUT2D eigenvalue weighted by Gasteiger charge is 2.28. The Morgan fingerprint density at radius 2 is 2.11 bits per heavy atom. The van der Waals surface area contributed by atoms with Crippen molar-refractivity contribution in [3.63, 3.8) is 0 Å². The van der Waals surface area contributed by atoms with Crippen molar-refractivity contribution in [3.05, 3.63) is 10.0 Å². The molecule has 1 heterocycles. The molecule has 0 aliphatic heterocycles. The first-order valence-electron chi connectivity index (χ1n) is 6.63. The summed E-state index contributed by atoms with van der Waals surface area (Å²) in [6, 6.07) is 0.548. The van der Waals surface area contributed by atoms with E-state index in [-0.39, 0.29) is 5.60 Å². The summed E-state index contributed by atoms with van der Waals surface area (Å²) in [5, 5.41) is 14.0. The van der Waals surface area contributed by atoms with Crippen LogP contribution in [0.25, 0.3) is 0 Å². The van der Waals surface area contributed by atoms with Crippen molar-refractivity contribution in [2.24, 2.45) is 0 Å². The summed E-state index contributed by atoms with van der Waals surface area (Å²) in [6.45, 7) is 9.53. The van der Waals surface area contributed by atoms with Crippen LogP contribution in [0, 0.1) is 0 Å². The van der Waals surface area contributed by atoms with Gasteiger partial charge < -0.3 is 10.1 Å². The molecule has 0 aromatic carbocycles. The molecule has 104 valence electrons. The second kappa shape index (κ2) is 7.16. The van der Waals surface area contributed by atoms with Crippen molar-refractivity contribution in [2.45, 2.75) is 58.6 Å². The predicted molar refractivity (Wildman–Crippen MR) is 76.0 cm³/mol. The number of nitrogens with one attached hydrogen (secondary N) is 1. The maximum Gasteiger partial charge on any atom is 0.149 e. The number of aromatic nitrogens is 2. The zero-order valence-corrected chi connectivity index (χ0v) is 12.9. The Bertz CT molecular complexity index is 348. The number of rotatable bonds is 8. The maximum absolute atomic E-state index is 5.54. The second-order valence-corrected chi connectivity index (χ2v) is 6.06. The summed E-state index contributed by atoms with van der Waals surface area (Å²) in [6.07, 6.45) is 3.00. The van der Waals surface area contributed by atoms with E-state index >= 15 is 0 Å². The highest BCUT2D eigenvalue weighted by atomic mass is 32.1. The normalized spacial score (nSPS) is 15.0. The van der Waals surface area contributed by atoms with E-state index in [1.54, 1.807) is 18.4 Å². The zero-order valence-electron chi connectivity index (χ0n) is 12.1. The highest BCUT2D eigenvalue weighted by molar-refractivity contribution is 7.11. The molecule has 1 rings (SSSR count). The molecule has 0 bridgehead atoms. The molecule has 1 atom stereocenters. The molecule has 4 nitrogen and oxygen atoms in total. The van der Waals surface area contributed by atoms with Gasteiger partial charge in [0.15, 0.2) is 0 Å². The van der Waals surface area contributed by atoms with Gasteiger partial charge in [-0.1, -0.05) is 32.1 Å². The van der Waals surface area contributed by atoms with Gasteiger partial charge in [-0.15, -0.1) is 10.2 Å². The van der Waals surface area contributed by atoms with Crippen LogP contribution in [0.15, 0.2) is 0 Å². The first kappa shape index (κ1) is 15.5. The van der Waals surface area contributed by atoms with E-state index in [1.807, 2.05) is 0 Å². The van der Waals surface area contributed by atoms with Gasteiger partial charge in [0.1, 0.15) is 15.6 Å². The lowest BCUT2D eigenvalue weighted by Crippen LogP contribution is -2.23. The minimum absolute atomic E-state index is 0.286. The van der Waals surface area contributed by atoms with Gasteiger partial charge in [0, 0.05) is 19.6 Å². The Morgan fingerprint density at radius 1 is 1.39 bits per heavy atom. The first-order chi connectivity index (χ1) is 8.51. The molecule has 0 aliphatic rings. The third kappa shape index (κ3) is 4.30. The van der Waals surface area contributed by atoms with Gasteiger partial charge in [-0.25, -0.2) is 0 Å². The van der Waals surface area contributed by atoms with E-state index in [4.69, 9.17) is 4.74 Å². The molecule has 0 aliphatic carbocycles. The number of methoxy groups -OCH3 is 1. The summed E-state index contributed by atoms with van der Waals surface area (Å²) < 4.78 is 5.54. The standard InChI is InChI=1S/C13H25N3OS/c1-6-13(4,17-5)12-16-15-11(18-12)8-7-9-14-10(2)3/h10,14H,6-9H2,1-5H3. The van der Waals surface area contributed by atoms with Crippen molar-refractivity contribution in [1.29, 1.82) is 0 Å². The smallest absolute Gasteiger partial charge is 0.149 e. The van der Waals surface area contributed by atoms with Gasteiger partial charge in [-0.05, 0) is 26.3 Å². The summed E-state index contributed by atoms with van der Waals surface area (Å²) in [5.41, 5.74) is -0.286. The largest absolute Gasteiger partial charge is 0.371 e. The van der Waals surface area contributed by atoms with Crippen LogP contribution in [0.3, 0.4) is 0 Å². The fourth-order valence-corrected chi connectivity index (χ4v) is 2.66. The molecule has 0 fully saturated rings. The Hall–Kier alpha value is -0.520. The van der Waals surface area contributed by atoms with E-state index in [9.17, 15) is 0 Å². The number of hydrogen-bond donors (Lipinski definition) is 1. The van der Waals surface area contributed by atoms with Crippen LogP contribution in [-0.2, 0) is 16.8 Å². The monoisotopic (exact) mass is 271 g/mol. The Balaban J connectivity index is 2.48. The predicted octanol–water partition coefficient (Wildman–Crippen LogP) is 2.74. The fourth-order valence-electron chi connectivity index (χ4n) is 1.58. The molecule has 0 radical (unpaired) electrons. The maximum atomic E-state index is 5.54. The molecule has 18 heavy (non-hydrogen) atoms. The lowest BCUT2D eigenvalue weighted by molar-refractivity contribution is -0.00207. The average molecular weight is 271 g/mol. The van der Waals surface area contributed by atoms with Crippen molar-refractivity contribution in [2.75, 3.05) is 13.7 Å². The van der Waals surface area contributed by atoms with E-state index in [2.05, 4.69) is 43.2 Å². The molecule has 0 amide bonds. The van der Waals surface area contributed by atoms with Crippen LogP contribution < -0.4 is 5.32 Å². The third-order valence-corrected chi connectivity index (χ3v) is 4.39. The zero-order chi connectivity index (χ0) is 13.6. The van der Waals surface area contributed by atoms with E-state index in [1.165, 1.54) is 0 Å². The molecule has 1 unspecified atom stereocenters. The van der Waals surface area contributed by atoms with Gasteiger partial charge in [0.25, 0.3) is 0 Å². The fraction of sp³-hybridized carbons (Fsp3) is 0.846. The Labute approximate surface area is 114 Å². The summed E-state index contributed by atoms with van der Waals surface area (Å²) in [4.78, 5) is 0. The number of aryl methyl sites for hydroxylation is 1. The Morgan fingerprint density at radius 3 is 2.67 bits per heavy atom. The van der Waals surface area contributed by atoms with Gasteiger partial charge in [-0.2, -0.15) is 0 Å². The number of nitrogens with zero attached hydrogens (tertiary/aromatic N) is 2. The molecule has 5 heteroatoms. The van der Waals surface area contributed by atoms with Crippen molar-refractivity contribution < 1.29 is 4.74 Å². The van der Waals surface area contributed by atoms with Crippen LogP contribution in [0.2, 0.25) is 0 Å². The molecule has 0 saturated carbocycles. The average Bonchev–Trinajstić information content (AvgIpc) is 2.83. The van der Waals surface area contributed by atoms with Gasteiger partial charge >= 0.3 is 0 Å². The SMILES string of the molecule is CCC(C)(OC)c1nnc(CCCNC(C)C)s1. The molecule has 1 aromatic heterocycles. The quantitative estimate of drug-likeness (QED) is 0.739. The van der Waals surface area contributed by atoms with Crippen molar-refractivity contribution in [3.8, 4) is 0 Å². The lowest BCUT2D eigenvalue weighted by atomic mass is 10.1. The van der Waals surface area contributed by atoms with Crippen LogP contribution >= 0.6 is 11.3 Å². The van der Waals surface area contributed by atoms with Crippen LogP contribution in [0.1, 0.15) is 50.6 Å². The molecule has 0 saturated heterocycles. The van der Waals surface area contributed by atoms with Gasteiger partial charge in [0.2, 0.25) is 0 Å². The summed E-state index contributed by atoms with van der Waals surface area (Å²) in [7, 11) is 1.73. The molecule has 0 spiro atoms. The Kier molecular flexibility index (Phi) is 6.18. The van der Waals surface area contributed by atoms with E-state index in [0.717, 1.165) is 35.8 Å². The number of hydrogen-bond acceptors (Lipinski definition) is 5. The van der Waals surface area contributed by atoms with Crippen molar-refractivity contribution >= 4 is 11.3 Å². The van der Waals surface area contributed by atoms with Crippen LogP contribution in [0.4, 0.5) is 0 Å². The van der Waals surface area contributed by atoms with E-state index < -0.39 is 0 Å². The van der Waals surface area contributed by atoms with E-state index in [0.29, 0.717) is 6.04 Å². The van der Waals surface area contributed by atoms with Gasteiger partial charge in [0.05, 0.1) is 0 Å². The van der Waals surface area contributed by atoms with Crippen LogP contribution in [-0.4, -0.2) is 29.9 Å². The van der Waals surface area contributed by atoms with Crippen LogP contribution in [0.5, 0.6) is 0 Å². The molecule has 1 aromatic rings. The lowest BCUT2D eigenvalue weighted by Gasteiger charge is -2.22. The first-order valence-corrected chi connectivity index (χ1v) is 7.45. The summed E-state index contributed by atoms with van der Waals surface area (Å²) >= 11 is 1.67. The molecular weight excluding hydrogens is 246 g/mol. The highest BCUT2D eigenvalue weighted by Crippen LogP contribution is 2.30.